The Morgan fingerprint density at radius 2 is 1.55 bits per heavy atom. The Kier molecular flexibility index (Phi) is 14.5. The molecule has 5 aliphatic rings. The maximum Gasteiger partial charge on any atom is 0.408 e. The minimum absolute atomic E-state index is 0.0234. The van der Waals surface area contributed by atoms with Crippen LogP contribution in [0.5, 0.6) is 17.2 Å². The minimum Gasteiger partial charge on any atom is -0.619 e. The zero-order valence-corrected chi connectivity index (χ0v) is 39.5. The first-order chi connectivity index (χ1) is 33.2. The van der Waals surface area contributed by atoms with Gasteiger partial charge < -0.3 is 34.6 Å². The number of carboxylic acids is 1. The van der Waals surface area contributed by atoms with E-state index in [1.165, 1.54) is 30.3 Å². The van der Waals surface area contributed by atoms with Gasteiger partial charge >= 0.3 is 18.7 Å². The second-order valence-corrected chi connectivity index (χ2v) is 20.7. The smallest absolute Gasteiger partial charge is 0.408 e. The number of ether oxygens (including phenoxy) is 4. The fourth-order valence-corrected chi connectivity index (χ4v) is 11.9. The number of alkyl halides is 2. The van der Waals surface area contributed by atoms with E-state index in [-0.39, 0.29) is 70.2 Å². The first-order valence-electron chi connectivity index (χ1n) is 22.8. The highest BCUT2D eigenvalue weighted by molar-refractivity contribution is 7.89. The van der Waals surface area contributed by atoms with Gasteiger partial charge in [-0.15, -0.1) is 0 Å². The largest absolute Gasteiger partial charge is 0.619 e. The third kappa shape index (κ3) is 11.2. The molecule has 5 heterocycles. The molecule has 1 aromatic heterocycles. The fourth-order valence-electron chi connectivity index (χ4n) is 9.57. The highest BCUT2D eigenvalue weighted by Gasteiger charge is 2.54. The van der Waals surface area contributed by atoms with Gasteiger partial charge in [0.2, 0.25) is 10.0 Å². The Balaban J connectivity index is 0.937. The molecule has 0 spiro atoms. The zero-order valence-electron chi connectivity index (χ0n) is 37.2. The van der Waals surface area contributed by atoms with Gasteiger partial charge in [-0.2, -0.15) is 17.8 Å². The molecule has 4 aromatic carbocycles. The monoisotopic (exact) mass is 1010 g/mol. The zero-order chi connectivity index (χ0) is 48.4. The van der Waals surface area contributed by atoms with Crippen LogP contribution < -0.4 is 24.3 Å². The Morgan fingerprint density at radius 1 is 0.841 bits per heavy atom. The van der Waals surface area contributed by atoms with E-state index in [1.807, 2.05) is 48.5 Å². The number of amides is 1. The van der Waals surface area contributed by atoms with Gasteiger partial charge in [0.1, 0.15) is 28.5 Å². The summed E-state index contributed by atoms with van der Waals surface area (Å²) in [6.45, 7) is -0.459. The number of carbonyl (C=O) groups is 2. The molecule has 2 bridgehead atoms. The molecule has 0 radical (unpaired) electrons. The predicted octanol–water partition coefficient (Wildman–Crippen LogP) is 8.61. The van der Waals surface area contributed by atoms with Gasteiger partial charge in [-0.05, 0) is 116 Å². The molecule has 19 heteroatoms. The number of benzene rings is 4. The Morgan fingerprint density at radius 3 is 2.20 bits per heavy atom. The van der Waals surface area contributed by atoms with Gasteiger partial charge in [-0.1, -0.05) is 83.9 Å². The molecule has 1 aliphatic carbocycles. The van der Waals surface area contributed by atoms with E-state index in [4.69, 9.17) is 42.1 Å². The highest BCUT2D eigenvalue weighted by atomic mass is 35.5. The minimum atomic E-state index is -4.38. The fraction of sp³-hybridized carbons (Fsp3) is 0.380. The summed E-state index contributed by atoms with van der Waals surface area (Å²) < 4.78 is 80.5. The number of halogens is 4. The molecule has 5 fully saturated rings. The van der Waals surface area contributed by atoms with Crippen molar-refractivity contribution in [2.45, 2.75) is 74.3 Å². The first-order valence-corrected chi connectivity index (χ1v) is 25.0. The lowest BCUT2D eigenvalue weighted by Gasteiger charge is -2.48. The van der Waals surface area contributed by atoms with E-state index >= 15 is 0 Å². The van der Waals surface area contributed by atoms with Gasteiger partial charge in [0.25, 0.3) is 0 Å². The number of piperidine rings is 3. The van der Waals surface area contributed by atoms with Crippen LogP contribution in [0.25, 0.3) is 0 Å². The van der Waals surface area contributed by atoms with Crippen molar-refractivity contribution in [3.8, 4) is 17.2 Å². The average Bonchev–Trinajstić information content (AvgIpc) is 4.15. The number of rotatable bonds is 19. The number of hydrogen-bond acceptors (Lipinski definition) is 10. The van der Waals surface area contributed by atoms with Gasteiger partial charge in [-0.25, -0.2) is 13.2 Å². The normalized spacial score (nSPS) is 22.0. The van der Waals surface area contributed by atoms with Gasteiger partial charge in [0.05, 0.1) is 23.5 Å². The van der Waals surface area contributed by atoms with E-state index < -0.39 is 52.6 Å². The van der Waals surface area contributed by atoms with Crippen LogP contribution in [0.2, 0.25) is 10.0 Å². The summed E-state index contributed by atoms with van der Waals surface area (Å²) in [6, 6.07) is 25.3. The van der Waals surface area contributed by atoms with Crippen molar-refractivity contribution in [1.29, 1.82) is 0 Å². The van der Waals surface area contributed by atoms with Crippen molar-refractivity contribution in [3.05, 3.63) is 153 Å². The number of alkyl carbamates (subject to hydrolysis) is 1. The van der Waals surface area contributed by atoms with E-state index in [2.05, 4.69) is 10.2 Å². The first kappa shape index (κ1) is 48.3. The van der Waals surface area contributed by atoms with Crippen molar-refractivity contribution in [1.82, 2.24) is 14.5 Å². The van der Waals surface area contributed by atoms with E-state index in [0.29, 0.717) is 27.5 Å². The molecular weight excluding hydrogens is 958 g/mol. The van der Waals surface area contributed by atoms with Crippen molar-refractivity contribution in [2.24, 2.45) is 17.8 Å². The standard InChI is InChI=1S/C50H50Cl2F2N4O10S/c51-41-25-57(62)26-42(52)39(41)23-38(34-13-16-43(67-49(53)54)44(22-34)66-29-30-9-10-30)47-40(48(59)60)24-58(47)69(63,64)37-14-11-31(12-15-37)28-65-36-8-4-7-35(21-36)46(33-5-2-1-3-6-33)55-50(61)68-45-27-56-19-17-32(45)18-20-56/h1-8,11-16,21-22,25-26,30,32,38,40,45-47,49H,9-10,17-20,23-24,27-29H2,(H,55,61)(H,59,60)/t38-,40?,45-,46-,47?/m0/s1. The lowest BCUT2D eigenvalue weighted by molar-refractivity contribution is -0.605. The number of carboxylic acid groups (broad SMARTS) is 1. The van der Waals surface area contributed by atoms with Crippen LogP contribution in [-0.4, -0.2) is 86.3 Å². The molecular formula is C50H50Cl2F2N4O10S. The Bertz CT molecular complexity index is 2740. The lowest BCUT2D eigenvalue weighted by Crippen LogP contribution is -2.63. The van der Waals surface area contributed by atoms with Crippen molar-refractivity contribution in [2.75, 3.05) is 32.8 Å². The maximum atomic E-state index is 14.6. The molecule has 5 aromatic rings. The molecule has 2 unspecified atom stereocenters. The average molecular weight is 1010 g/mol. The molecule has 2 N–H and O–H groups in total. The summed E-state index contributed by atoms with van der Waals surface area (Å²) in [6.07, 6.45) is 5.19. The second kappa shape index (κ2) is 20.7. The lowest BCUT2D eigenvalue weighted by atomic mass is 9.75. The molecule has 69 heavy (non-hydrogen) atoms. The van der Waals surface area contributed by atoms with Crippen molar-refractivity contribution in [3.63, 3.8) is 0 Å². The van der Waals surface area contributed by atoms with Crippen LogP contribution in [0.4, 0.5) is 13.6 Å². The quantitative estimate of drug-likeness (QED) is 0.0600. The van der Waals surface area contributed by atoms with Gasteiger partial charge in [-0.3, -0.25) is 9.69 Å². The molecule has 364 valence electrons. The van der Waals surface area contributed by atoms with E-state index in [9.17, 15) is 37.1 Å². The topological polar surface area (TPSA) is 171 Å². The summed E-state index contributed by atoms with van der Waals surface area (Å²) in [7, 11) is -4.38. The number of nitrogens with zero attached hydrogens (tertiary/aromatic N) is 3. The number of aromatic nitrogens is 1. The number of pyridine rings is 1. The third-order valence-corrected chi connectivity index (χ3v) is 16.0. The van der Waals surface area contributed by atoms with Crippen LogP contribution in [0.1, 0.15) is 65.5 Å². The van der Waals surface area contributed by atoms with Crippen LogP contribution >= 0.6 is 23.2 Å². The summed E-state index contributed by atoms with van der Waals surface area (Å²) in [5.74, 6) is -2.64. The summed E-state index contributed by atoms with van der Waals surface area (Å²) >= 11 is 13.1. The Hall–Kier alpha value is -5.72. The number of carbonyl (C=O) groups excluding carboxylic acids is 1. The molecule has 4 saturated heterocycles. The van der Waals surface area contributed by atoms with Crippen molar-refractivity contribution >= 4 is 45.3 Å². The predicted molar refractivity (Wildman–Crippen MR) is 250 cm³/mol. The van der Waals surface area contributed by atoms with Gasteiger partial charge in [0, 0.05) is 30.6 Å². The van der Waals surface area contributed by atoms with Crippen LogP contribution in [0.15, 0.2) is 114 Å². The van der Waals surface area contributed by atoms with E-state index in [0.717, 1.165) is 73.1 Å². The summed E-state index contributed by atoms with van der Waals surface area (Å²) in [5.41, 5.74) is 2.84. The molecule has 10 rings (SSSR count). The number of hydrogen-bond donors (Lipinski definition) is 2. The molecule has 1 saturated carbocycles. The van der Waals surface area contributed by atoms with Crippen LogP contribution in [0, 0.1) is 23.0 Å². The summed E-state index contributed by atoms with van der Waals surface area (Å²) in [5, 5.41) is 25.6. The highest BCUT2D eigenvalue weighted by Crippen LogP contribution is 2.46. The van der Waals surface area contributed by atoms with E-state index in [1.54, 1.807) is 18.2 Å². The maximum absolute atomic E-state index is 14.6. The number of fused-ring (bicyclic) bond motifs is 3. The molecule has 1 amide bonds. The van der Waals surface area contributed by atoms with Gasteiger partial charge in [0.15, 0.2) is 23.9 Å². The number of nitrogens with one attached hydrogen (secondary N) is 1. The second-order valence-electron chi connectivity index (χ2n) is 18.0. The van der Waals surface area contributed by atoms with Crippen LogP contribution in [0.3, 0.4) is 0 Å². The third-order valence-electron chi connectivity index (χ3n) is 13.5. The Labute approximate surface area is 408 Å². The molecule has 14 nitrogen and oxygen atoms in total. The van der Waals surface area contributed by atoms with Crippen LogP contribution in [-0.2, 0) is 32.6 Å². The summed E-state index contributed by atoms with van der Waals surface area (Å²) in [4.78, 5) is 28.4. The van der Waals surface area contributed by atoms with Crippen molar-refractivity contribution < 1.29 is 55.6 Å². The number of aliphatic carboxylic acids is 1. The molecule has 4 aliphatic heterocycles. The SMILES string of the molecule is O=C(N[C@@H](c1ccccc1)c1cccc(OCc2ccc(S(=O)(=O)N3CC(C(=O)O)C3[C@@H](Cc3c(Cl)c[n+]([O-])cc3Cl)c3ccc(OC(F)F)c(OCC4CC4)c3)cc2)c1)O[C@H]1CN2CCC1CC2. The number of sulfonamides is 1. The molecule has 5 atom stereocenters.